The van der Waals surface area contributed by atoms with E-state index in [0.717, 1.165) is 33.2 Å². The van der Waals surface area contributed by atoms with Crippen molar-refractivity contribution in [1.29, 1.82) is 0 Å². The largest absolute Gasteiger partial charge is 0.394 e. The number of carbonyl (C=O) groups is 2. The van der Waals surface area contributed by atoms with Crippen LogP contribution in [0.5, 0.6) is 0 Å². The summed E-state index contributed by atoms with van der Waals surface area (Å²) in [7, 11) is 7.64. The average molecular weight is 611 g/mol. The Morgan fingerprint density at radius 3 is 2.38 bits per heavy atom. The fourth-order valence-electron chi connectivity index (χ4n) is 6.47. The molecule has 0 radical (unpaired) electrons. The molecule has 2 amide bonds. The summed E-state index contributed by atoms with van der Waals surface area (Å²) >= 11 is 0. The SMILES string of the molecule is C[C@@H]1CN([C@@H](C)CO)C(=O)c2c(c3ccccc3n2C)-c2ccccc2CO[C@@H]1CN(C)C(=O)[C@H](Cc1ccccc1)N(C)C. The summed E-state index contributed by atoms with van der Waals surface area (Å²) < 4.78 is 8.68. The maximum atomic E-state index is 14.6. The van der Waals surface area contributed by atoms with E-state index in [1.54, 1.807) is 9.80 Å². The van der Waals surface area contributed by atoms with Crippen molar-refractivity contribution in [2.45, 2.75) is 45.1 Å². The van der Waals surface area contributed by atoms with Gasteiger partial charge in [0, 0.05) is 49.6 Å². The number of aliphatic hydroxyl groups is 1. The van der Waals surface area contributed by atoms with Crippen molar-refractivity contribution in [2.75, 3.05) is 40.8 Å². The van der Waals surface area contributed by atoms with E-state index in [0.29, 0.717) is 31.8 Å². The molecule has 0 unspecified atom stereocenters. The van der Waals surface area contributed by atoms with Gasteiger partial charge in [-0.3, -0.25) is 14.5 Å². The molecule has 4 atom stereocenters. The van der Waals surface area contributed by atoms with Crippen LogP contribution in [-0.2, 0) is 29.6 Å². The van der Waals surface area contributed by atoms with Crippen LogP contribution in [0.3, 0.4) is 0 Å². The molecule has 1 aromatic heterocycles. The van der Waals surface area contributed by atoms with E-state index in [4.69, 9.17) is 4.74 Å². The third kappa shape index (κ3) is 6.69. The molecule has 0 saturated carbocycles. The summed E-state index contributed by atoms with van der Waals surface area (Å²) in [5.41, 5.74) is 5.47. The van der Waals surface area contributed by atoms with Crippen molar-refractivity contribution in [3.63, 3.8) is 0 Å². The predicted octanol–water partition coefficient (Wildman–Crippen LogP) is 4.83. The fourth-order valence-corrected chi connectivity index (χ4v) is 6.47. The van der Waals surface area contributed by atoms with E-state index in [9.17, 15) is 14.7 Å². The van der Waals surface area contributed by atoms with Gasteiger partial charge >= 0.3 is 0 Å². The Morgan fingerprint density at radius 2 is 1.67 bits per heavy atom. The van der Waals surface area contributed by atoms with E-state index >= 15 is 0 Å². The molecule has 1 aliphatic heterocycles. The van der Waals surface area contributed by atoms with Gasteiger partial charge in [0.1, 0.15) is 5.69 Å². The molecule has 1 aliphatic rings. The van der Waals surface area contributed by atoms with Crippen molar-refractivity contribution in [2.24, 2.45) is 13.0 Å². The lowest BCUT2D eigenvalue weighted by molar-refractivity contribution is -0.137. The Bertz CT molecular complexity index is 1630. The molecule has 0 fully saturated rings. The number of aliphatic hydroxyl groups excluding tert-OH is 1. The normalized spacial score (nSPS) is 18.7. The zero-order valence-corrected chi connectivity index (χ0v) is 27.3. The second kappa shape index (κ2) is 14.0. The summed E-state index contributed by atoms with van der Waals surface area (Å²) in [5.74, 6) is -0.244. The van der Waals surface area contributed by atoms with Crippen molar-refractivity contribution < 1.29 is 19.4 Å². The third-order valence-electron chi connectivity index (χ3n) is 9.24. The molecular formula is C37H46N4O4. The summed E-state index contributed by atoms with van der Waals surface area (Å²) in [6.45, 7) is 4.84. The van der Waals surface area contributed by atoms with E-state index < -0.39 is 6.04 Å². The molecule has 2 heterocycles. The molecule has 45 heavy (non-hydrogen) atoms. The molecule has 8 nitrogen and oxygen atoms in total. The number of aromatic nitrogens is 1. The van der Waals surface area contributed by atoms with Crippen molar-refractivity contribution in [3.8, 4) is 11.1 Å². The molecule has 0 saturated heterocycles. The minimum atomic E-state index is -0.411. The molecular weight excluding hydrogens is 564 g/mol. The van der Waals surface area contributed by atoms with Gasteiger partial charge in [0.25, 0.3) is 5.91 Å². The highest BCUT2D eigenvalue weighted by molar-refractivity contribution is 6.10. The number of ether oxygens (including phenoxy) is 1. The number of benzene rings is 3. The van der Waals surface area contributed by atoms with Crippen LogP contribution in [0.2, 0.25) is 0 Å². The van der Waals surface area contributed by atoms with Gasteiger partial charge in [-0.25, -0.2) is 0 Å². The summed E-state index contributed by atoms with van der Waals surface area (Å²) in [6, 6.07) is 25.5. The van der Waals surface area contributed by atoms with Crippen LogP contribution in [-0.4, -0.2) is 95.2 Å². The Morgan fingerprint density at radius 1 is 1.00 bits per heavy atom. The van der Waals surface area contributed by atoms with Gasteiger partial charge in [-0.15, -0.1) is 0 Å². The molecule has 5 rings (SSSR count). The summed E-state index contributed by atoms with van der Waals surface area (Å²) in [6.07, 6.45) is 0.249. The second-order valence-electron chi connectivity index (χ2n) is 12.7. The quantitative estimate of drug-likeness (QED) is 0.309. The Hall–Kier alpha value is -3.98. The highest BCUT2D eigenvalue weighted by Crippen LogP contribution is 2.38. The van der Waals surface area contributed by atoms with Crippen LogP contribution in [0.1, 0.15) is 35.5 Å². The number of likely N-dealkylation sites (N-methyl/N-ethyl adjacent to an activating group) is 2. The Labute approximate surface area is 266 Å². The lowest BCUT2D eigenvalue weighted by Gasteiger charge is -2.36. The summed E-state index contributed by atoms with van der Waals surface area (Å²) in [4.78, 5) is 34.0. The van der Waals surface area contributed by atoms with Gasteiger partial charge in [0.05, 0.1) is 31.4 Å². The van der Waals surface area contributed by atoms with Crippen molar-refractivity contribution in [3.05, 3.63) is 95.7 Å². The van der Waals surface area contributed by atoms with E-state index in [-0.39, 0.29) is 36.5 Å². The topological polar surface area (TPSA) is 78.2 Å². The number of amides is 2. The van der Waals surface area contributed by atoms with E-state index in [1.807, 2.05) is 111 Å². The van der Waals surface area contributed by atoms with Crippen LogP contribution >= 0.6 is 0 Å². The van der Waals surface area contributed by atoms with Gasteiger partial charge in [-0.1, -0.05) is 79.7 Å². The van der Waals surface area contributed by atoms with Gasteiger partial charge in [0.2, 0.25) is 5.91 Å². The van der Waals surface area contributed by atoms with Crippen LogP contribution in [0.15, 0.2) is 78.9 Å². The number of nitrogens with zero attached hydrogens (tertiary/aromatic N) is 4. The molecule has 0 spiro atoms. The molecule has 3 aromatic carbocycles. The first-order valence-corrected chi connectivity index (χ1v) is 15.8. The molecule has 0 bridgehead atoms. The number of aryl methyl sites for hydroxylation is 1. The Balaban J connectivity index is 1.52. The predicted molar refractivity (Wildman–Crippen MR) is 179 cm³/mol. The molecule has 238 valence electrons. The maximum Gasteiger partial charge on any atom is 0.271 e. The lowest BCUT2D eigenvalue weighted by atomic mass is 9.96. The number of hydrogen-bond acceptors (Lipinski definition) is 5. The van der Waals surface area contributed by atoms with Crippen LogP contribution in [0.25, 0.3) is 22.0 Å². The van der Waals surface area contributed by atoms with Crippen molar-refractivity contribution in [1.82, 2.24) is 19.3 Å². The Kier molecular flexibility index (Phi) is 10.1. The van der Waals surface area contributed by atoms with Crippen LogP contribution in [0, 0.1) is 5.92 Å². The van der Waals surface area contributed by atoms with Gasteiger partial charge in [-0.2, -0.15) is 0 Å². The molecule has 1 N–H and O–H groups in total. The highest BCUT2D eigenvalue weighted by Gasteiger charge is 2.34. The number of hydrogen-bond donors (Lipinski definition) is 1. The maximum absolute atomic E-state index is 14.6. The first-order chi connectivity index (χ1) is 21.6. The van der Waals surface area contributed by atoms with Gasteiger partial charge < -0.3 is 24.2 Å². The number of para-hydroxylation sites is 1. The molecule has 0 aliphatic carbocycles. The second-order valence-corrected chi connectivity index (χ2v) is 12.7. The first-order valence-electron chi connectivity index (χ1n) is 15.8. The van der Waals surface area contributed by atoms with Crippen LogP contribution < -0.4 is 0 Å². The third-order valence-corrected chi connectivity index (χ3v) is 9.24. The monoisotopic (exact) mass is 610 g/mol. The summed E-state index contributed by atoms with van der Waals surface area (Å²) in [5, 5.41) is 11.3. The zero-order valence-electron chi connectivity index (χ0n) is 27.3. The standard InChI is InChI=1S/C37H46N4O4/c1-25-21-41(26(2)23-42)37(44)35-34(30-18-12-13-19-31(30)40(35)6)29-17-11-10-16-28(29)24-45-33(25)22-39(5)36(43)32(38(3)4)20-27-14-8-7-9-15-27/h7-19,25-26,32-33,42H,20-24H2,1-6H3/t25-,26+,32+,33-/m1/s1. The average Bonchev–Trinajstić information content (AvgIpc) is 3.34. The molecule has 8 heteroatoms. The van der Waals surface area contributed by atoms with E-state index in [2.05, 4.69) is 19.1 Å². The fraction of sp³-hybridized carbons (Fsp3) is 0.405. The zero-order chi connectivity index (χ0) is 32.2. The smallest absolute Gasteiger partial charge is 0.271 e. The first kappa shape index (κ1) is 32.4. The minimum Gasteiger partial charge on any atom is -0.394 e. The molecule has 4 aromatic rings. The number of carbonyl (C=O) groups excluding carboxylic acids is 2. The number of fused-ring (bicyclic) bond motifs is 5. The van der Waals surface area contributed by atoms with Gasteiger partial charge in [-0.05, 0) is 50.2 Å². The lowest BCUT2D eigenvalue weighted by Crippen LogP contribution is -2.50. The van der Waals surface area contributed by atoms with E-state index in [1.165, 1.54) is 0 Å². The highest BCUT2D eigenvalue weighted by atomic mass is 16.5. The minimum absolute atomic E-state index is 0.0184. The van der Waals surface area contributed by atoms with Gasteiger partial charge in [0.15, 0.2) is 0 Å². The van der Waals surface area contributed by atoms with Crippen molar-refractivity contribution >= 4 is 22.7 Å². The number of rotatable bonds is 8. The van der Waals surface area contributed by atoms with Crippen LogP contribution in [0.4, 0.5) is 0 Å².